The van der Waals surface area contributed by atoms with Crippen molar-refractivity contribution < 1.29 is 14.3 Å². The molecule has 0 atom stereocenters. The van der Waals surface area contributed by atoms with Gasteiger partial charge in [0.1, 0.15) is 6.54 Å². The second-order valence-corrected chi connectivity index (χ2v) is 5.70. The van der Waals surface area contributed by atoms with E-state index in [2.05, 4.69) is 22.5 Å². The van der Waals surface area contributed by atoms with Gasteiger partial charge in [-0.25, -0.2) is 9.78 Å². The van der Waals surface area contributed by atoms with Crippen LogP contribution in [0.5, 0.6) is 0 Å². The molecule has 0 aromatic carbocycles. The maximum absolute atomic E-state index is 12.1. The minimum absolute atomic E-state index is 0.0278. The fraction of sp³-hybridized carbons (Fsp3) is 0.643. The second-order valence-electron chi connectivity index (χ2n) is 4.84. The van der Waals surface area contributed by atoms with Gasteiger partial charge in [-0.15, -0.1) is 11.3 Å². The lowest BCUT2D eigenvalue weighted by molar-refractivity contribution is -0.116. The van der Waals surface area contributed by atoms with Crippen LogP contribution in [-0.2, 0) is 9.53 Å². The van der Waals surface area contributed by atoms with Gasteiger partial charge in [0.15, 0.2) is 5.13 Å². The van der Waals surface area contributed by atoms with E-state index in [4.69, 9.17) is 4.74 Å². The van der Waals surface area contributed by atoms with Gasteiger partial charge in [-0.05, 0) is 13.3 Å². The molecular weight excluding hydrogens is 304 g/mol. The molecule has 0 saturated heterocycles. The molecule has 1 aromatic rings. The molecule has 3 amide bonds. The lowest BCUT2D eigenvalue weighted by atomic mass is 10.3. The molecule has 1 aromatic heterocycles. The Morgan fingerprint density at radius 1 is 1.45 bits per heavy atom. The number of methoxy groups -OCH3 is 1. The number of nitrogens with zero attached hydrogens (tertiary/aromatic N) is 2. The maximum Gasteiger partial charge on any atom is 0.317 e. The Labute approximate surface area is 135 Å². The van der Waals surface area contributed by atoms with E-state index in [1.165, 1.54) is 16.2 Å². The summed E-state index contributed by atoms with van der Waals surface area (Å²) in [6, 6.07) is -0.254. The first-order valence-corrected chi connectivity index (χ1v) is 8.18. The Morgan fingerprint density at radius 3 is 2.82 bits per heavy atom. The Morgan fingerprint density at radius 2 is 2.23 bits per heavy atom. The number of carbonyl (C=O) groups excluding carboxylic acids is 2. The second kappa shape index (κ2) is 10.1. The van der Waals surface area contributed by atoms with Gasteiger partial charge in [-0.3, -0.25) is 4.79 Å². The molecule has 7 nitrogen and oxygen atoms in total. The van der Waals surface area contributed by atoms with Crippen LogP contribution in [0, 0.1) is 6.92 Å². The van der Waals surface area contributed by atoms with Gasteiger partial charge in [0, 0.05) is 25.6 Å². The highest BCUT2D eigenvalue weighted by Gasteiger charge is 2.17. The number of unbranched alkanes of at least 4 members (excludes halogenated alkanes) is 1. The quantitative estimate of drug-likeness (QED) is 0.678. The van der Waals surface area contributed by atoms with Crippen LogP contribution in [0.3, 0.4) is 0 Å². The van der Waals surface area contributed by atoms with E-state index >= 15 is 0 Å². The van der Waals surface area contributed by atoms with Crippen molar-refractivity contribution in [2.45, 2.75) is 26.7 Å². The summed E-state index contributed by atoms with van der Waals surface area (Å²) in [4.78, 5) is 29.7. The van der Waals surface area contributed by atoms with Gasteiger partial charge in [0.2, 0.25) is 5.91 Å². The summed E-state index contributed by atoms with van der Waals surface area (Å²) < 4.78 is 4.99. The normalized spacial score (nSPS) is 10.3. The lowest BCUT2D eigenvalue weighted by Gasteiger charge is -2.22. The highest BCUT2D eigenvalue weighted by Crippen LogP contribution is 2.14. The molecule has 22 heavy (non-hydrogen) atoms. The summed E-state index contributed by atoms with van der Waals surface area (Å²) in [5.41, 5.74) is 0.855. The largest absolute Gasteiger partial charge is 0.383 e. The number of carbonyl (C=O) groups is 2. The third-order valence-corrected chi connectivity index (χ3v) is 3.73. The number of hydrogen-bond donors (Lipinski definition) is 2. The number of aromatic nitrogens is 1. The van der Waals surface area contributed by atoms with Gasteiger partial charge >= 0.3 is 6.03 Å². The van der Waals surface area contributed by atoms with Crippen LogP contribution >= 0.6 is 11.3 Å². The predicted octanol–water partition coefficient (Wildman–Crippen LogP) is 1.85. The number of hydrogen-bond acceptors (Lipinski definition) is 5. The monoisotopic (exact) mass is 328 g/mol. The topological polar surface area (TPSA) is 83.6 Å². The average molecular weight is 328 g/mol. The zero-order valence-electron chi connectivity index (χ0n) is 13.3. The molecule has 1 heterocycles. The van der Waals surface area contributed by atoms with E-state index in [1.807, 2.05) is 12.3 Å². The fourth-order valence-corrected chi connectivity index (χ4v) is 2.39. The Hall–Kier alpha value is -1.67. The predicted molar refractivity (Wildman–Crippen MR) is 87.2 cm³/mol. The molecule has 0 aliphatic rings. The summed E-state index contributed by atoms with van der Waals surface area (Å²) in [6.07, 6.45) is 1.91. The summed E-state index contributed by atoms with van der Waals surface area (Å²) in [7, 11) is 1.56. The van der Waals surface area contributed by atoms with Crippen LogP contribution in [0.15, 0.2) is 5.38 Å². The molecule has 0 radical (unpaired) electrons. The molecule has 0 unspecified atom stereocenters. The van der Waals surface area contributed by atoms with E-state index < -0.39 is 0 Å². The van der Waals surface area contributed by atoms with E-state index in [1.54, 1.807) is 7.11 Å². The Balaban J connectivity index is 2.51. The van der Waals surface area contributed by atoms with Crippen molar-refractivity contribution in [1.82, 2.24) is 15.2 Å². The number of urea groups is 1. The number of aryl methyl sites for hydroxylation is 1. The summed E-state index contributed by atoms with van der Waals surface area (Å²) >= 11 is 1.36. The highest BCUT2D eigenvalue weighted by molar-refractivity contribution is 7.13. The number of anilines is 1. The number of rotatable bonds is 9. The molecule has 8 heteroatoms. The summed E-state index contributed by atoms with van der Waals surface area (Å²) in [5.74, 6) is -0.268. The smallest absolute Gasteiger partial charge is 0.317 e. The number of amides is 3. The van der Waals surface area contributed by atoms with E-state index in [0.717, 1.165) is 18.5 Å². The van der Waals surface area contributed by atoms with Crippen LogP contribution in [0.1, 0.15) is 25.5 Å². The van der Waals surface area contributed by atoms with Crippen molar-refractivity contribution in [3.8, 4) is 0 Å². The molecule has 1 rings (SSSR count). The van der Waals surface area contributed by atoms with Gasteiger partial charge in [-0.1, -0.05) is 13.3 Å². The molecule has 0 aliphatic carbocycles. The minimum atomic E-state index is -0.268. The first-order valence-electron chi connectivity index (χ1n) is 7.30. The van der Waals surface area contributed by atoms with E-state index in [9.17, 15) is 9.59 Å². The number of ether oxygens (including phenoxy) is 1. The Bertz CT molecular complexity index is 478. The van der Waals surface area contributed by atoms with E-state index in [0.29, 0.717) is 24.8 Å². The lowest BCUT2D eigenvalue weighted by Crippen LogP contribution is -2.45. The highest BCUT2D eigenvalue weighted by atomic mass is 32.1. The molecular formula is C14H24N4O3S. The van der Waals surface area contributed by atoms with Gasteiger partial charge in [0.05, 0.1) is 12.3 Å². The first kappa shape index (κ1) is 18.4. The van der Waals surface area contributed by atoms with E-state index in [-0.39, 0.29) is 18.5 Å². The molecule has 2 N–H and O–H groups in total. The zero-order valence-corrected chi connectivity index (χ0v) is 14.2. The fourth-order valence-electron chi connectivity index (χ4n) is 1.68. The maximum atomic E-state index is 12.1. The van der Waals surface area contributed by atoms with Gasteiger partial charge in [-0.2, -0.15) is 0 Å². The van der Waals surface area contributed by atoms with Gasteiger partial charge < -0.3 is 20.3 Å². The molecule has 0 aliphatic heterocycles. The van der Waals surface area contributed by atoms with Crippen molar-refractivity contribution in [2.24, 2.45) is 0 Å². The van der Waals surface area contributed by atoms with Crippen LogP contribution < -0.4 is 10.6 Å². The van der Waals surface area contributed by atoms with Crippen molar-refractivity contribution in [3.63, 3.8) is 0 Å². The molecule has 0 bridgehead atoms. The molecule has 0 saturated carbocycles. The number of nitrogens with one attached hydrogen (secondary N) is 2. The number of thiazole rings is 1. The van der Waals surface area contributed by atoms with Crippen molar-refractivity contribution in [2.75, 3.05) is 38.7 Å². The van der Waals surface area contributed by atoms with Gasteiger partial charge in [0.25, 0.3) is 0 Å². The third kappa shape index (κ3) is 6.86. The summed E-state index contributed by atoms with van der Waals surface area (Å²) in [6.45, 7) is 5.23. The van der Waals surface area contributed by atoms with Crippen LogP contribution in [0.2, 0.25) is 0 Å². The molecule has 124 valence electrons. The van der Waals surface area contributed by atoms with Crippen LogP contribution in [0.25, 0.3) is 0 Å². The van der Waals surface area contributed by atoms with Crippen molar-refractivity contribution >= 4 is 28.4 Å². The SMILES string of the molecule is CCCCNC(=O)N(CCOC)CC(=O)Nc1nc(C)cs1. The standard InChI is InChI=1S/C14H24N4O3S/c1-4-5-6-15-14(20)18(7-8-21-3)9-12(19)17-13-16-11(2)10-22-13/h10H,4-9H2,1-3H3,(H,15,20)(H,16,17,19). The molecule has 0 fully saturated rings. The zero-order chi connectivity index (χ0) is 16.4. The van der Waals surface area contributed by atoms with Crippen LogP contribution in [0.4, 0.5) is 9.93 Å². The van der Waals surface area contributed by atoms with Crippen LogP contribution in [-0.4, -0.2) is 55.2 Å². The Kier molecular flexibility index (Phi) is 8.46. The minimum Gasteiger partial charge on any atom is -0.383 e. The third-order valence-electron chi connectivity index (χ3n) is 2.86. The van der Waals surface area contributed by atoms with Crippen molar-refractivity contribution in [1.29, 1.82) is 0 Å². The van der Waals surface area contributed by atoms with Crippen molar-refractivity contribution in [3.05, 3.63) is 11.1 Å². The first-order chi connectivity index (χ1) is 10.6. The summed E-state index contributed by atoms with van der Waals surface area (Å²) in [5, 5.41) is 7.90. The average Bonchev–Trinajstić information content (AvgIpc) is 2.88. The molecule has 0 spiro atoms.